The topological polar surface area (TPSA) is 0 Å². The van der Waals surface area contributed by atoms with Gasteiger partial charge in [-0.1, -0.05) is 182 Å². The molecule has 0 saturated heterocycles. The molecule has 0 radical (unpaired) electrons. The van der Waals surface area contributed by atoms with Crippen LogP contribution in [0.25, 0.3) is 66.4 Å². The standard InChI is InChI=1S/C55H36/c1-2-13-34(14-3-1)54-48-19-8-6-17-42(48)46-29-27-35(31-52(46)54)36-28-30-47-43-18-7-9-20-49(43)55(53(47)32-36)50-26-12-23-40-41(22-11-24-44(40)50)45-25-10-21-39-38-16-5-4-15-37(38)33-51(39)45/h1-32,54-55H,33H2. The summed E-state index contributed by atoms with van der Waals surface area (Å²) in [5.74, 6) is 0.357. The summed E-state index contributed by atoms with van der Waals surface area (Å²) in [7, 11) is 0. The van der Waals surface area contributed by atoms with Crippen molar-refractivity contribution in [1.29, 1.82) is 0 Å². The van der Waals surface area contributed by atoms with Crippen LogP contribution in [0.15, 0.2) is 194 Å². The average Bonchev–Trinajstić information content (AvgIpc) is 3.91. The van der Waals surface area contributed by atoms with Gasteiger partial charge >= 0.3 is 0 Å². The Morgan fingerprint density at radius 1 is 0.291 bits per heavy atom. The molecule has 0 aromatic heterocycles. The SMILES string of the molecule is c1ccc(C2c3ccccc3-c3ccc(-c4ccc5c(c4)C(c4cccc6c(-c7cccc8c7Cc7ccccc7-8)cccc46)c4ccccc4-5)cc32)cc1. The molecule has 9 aromatic rings. The van der Waals surface area contributed by atoms with Gasteiger partial charge in [0.05, 0.1) is 0 Å². The van der Waals surface area contributed by atoms with Crippen LogP contribution in [0.1, 0.15) is 56.3 Å². The monoisotopic (exact) mass is 696 g/mol. The van der Waals surface area contributed by atoms with E-state index in [0.29, 0.717) is 0 Å². The molecule has 0 aliphatic heterocycles. The summed E-state index contributed by atoms with van der Waals surface area (Å²) in [6.45, 7) is 0. The smallest absolute Gasteiger partial charge is 0.0358 e. The van der Waals surface area contributed by atoms with E-state index in [1.165, 1.54) is 111 Å². The first-order chi connectivity index (χ1) is 27.3. The lowest BCUT2D eigenvalue weighted by Gasteiger charge is -2.20. The minimum absolute atomic E-state index is 0.131. The van der Waals surface area contributed by atoms with Crippen molar-refractivity contribution in [3.63, 3.8) is 0 Å². The maximum Gasteiger partial charge on any atom is 0.0358 e. The Morgan fingerprint density at radius 3 is 1.53 bits per heavy atom. The van der Waals surface area contributed by atoms with Crippen LogP contribution < -0.4 is 0 Å². The average molecular weight is 697 g/mol. The van der Waals surface area contributed by atoms with Crippen LogP contribution in [0.5, 0.6) is 0 Å². The number of benzene rings is 9. The highest BCUT2D eigenvalue weighted by Crippen LogP contribution is 2.53. The molecule has 0 heteroatoms. The number of fused-ring (bicyclic) bond motifs is 10. The Balaban J connectivity index is 1.00. The summed E-state index contributed by atoms with van der Waals surface area (Å²) < 4.78 is 0. The van der Waals surface area contributed by atoms with Gasteiger partial charge < -0.3 is 0 Å². The second kappa shape index (κ2) is 11.9. The van der Waals surface area contributed by atoms with Crippen LogP contribution in [0.4, 0.5) is 0 Å². The highest BCUT2D eigenvalue weighted by molar-refractivity contribution is 6.02. The van der Waals surface area contributed by atoms with Crippen LogP contribution in [-0.2, 0) is 6.42 Å². The van der Waals surface area contributed by atoms with Crippen molar-refractivity contribution in [2.24, 2.45) is 0 Å². The molecule has 2 unspecified atom stereocenters. The summed E-state index contributed by atoms with van der Waals surface area (Å²) in [6, 6.07) is 73.1. The predicted molar refractivity (Wildman–Crippen MR) is 229 cm³/mol. The quantitative estimate of drug-likeness (QED) is 0.172. The van der Waals surface area contributed by atoms with Gasteiger partial charge in [-0.3, -0.25) is 0 Å². The molecule has 0 bridgehead atoms. The van der Waals surface area contributed by atoms with Crippen molar-refractivity contribution in [3.05, 3.63) is 239 Å². The summed E-state index contributed by atoms with van der Waals surface area (Å²) >= 11 is 0. The van der Waals surface area contributed by atoms with Crippen molar-refractivity contribution in [2.45, 2.75) is 18.3 Å². The molecule has 0 amide bonds. The third-order valence-corrected chi connectivity index (χ3v) is 12.7. The molecular weight excluding hydrogens is 661 g/mol. The van der Waals surface area contributed by atoms with Gasteiger partial charge in [-0.15, -0.1) is 0 Å². The van der Waals surface area contributed by atoms with Gasteiger partial charge in [0, 0.05) is 11.8 Å². The van der Waals surface area contributed by atoms with E-state index in [1.54, 1.807) is 0 Å². The Kier molecular flexibility index (Phi) is 6.62. The Labute approximate surface area is 322 Å². The molecule has 256 valence electrons. The van der Waals surface area contributed by atoms with E-state index in [0.717, 1.165) is 6.42 Å². The summed E-state index contributed by atoms with van der Waals surface area (Å²) in [5.41, 5.74) is 24.4. The van der Waals surface area contributed by atoms with Gasteiger partial charge in [-0.2, -0.15) is 0 Å². The first-order valence-corrected chi connectivity index (χ1v) is 19.5. The van der Waals surface area contributed by atoms with Crippen molar-refractivity contribution in [3.8, 4) is 55.6 Å². The summed E-state index contributed by atoms with van der Waals surface area (Å²) in [6.07, 6.45) is 0.977. The normalized spacial score (nSPS) is 15.6. The first-order valence-electron chi connectivity index (χ1n) is 19.5. The van der Waals surface area contributed by atoms with E-state index < -0.39 is 0 Å². The van der Waals surface area contributed by atoms with Crippen molar-refractivity contribution in [1.82, 2.24) is 0 Å². The van der Waals surface area contributed by atoms with Crippen molar-refractivity contribution in [2.75, 3.05) is 0 Å². The van der Waals surface area contributed by atoms with Gasteiger partial charge in [0.1, 0.15) is 0 Å². The highest BCUT2D eigenvalue weighted by atomic mass is 14.4. The second-order valence-electron chi connectivity index (χ2n) is 15.5. The third-order valence-electron chi connectivity index (χ3n) is 12.7. The summed E-state index contributed by atoms with van der Waals surface area (Å²) in [4.78, 5) is 0. The van der Waals surface area contributed by atoms with E-state index >= 15 is 0 Å². The van der Waals surface area contributed by atoms with E-state index in [-0.39, 0.29) is 11.8 Å². The van der Waals surface area contributed by atoms with Crippen molar-refractivity contribution < 1.29 is 0 Å². The zero-order chi connectivity index (χ0) is 36.0. The molecule has 3 aliphatic rings. The maximum absolute atomic E-state index is 2.49. The summed E-state index contributed by atoms with van der Waals surface area (Å²) in [5, 5.41) is 2.64. The van der Waals surface area contributed by atoms with Crippen LogP contribution in [0.3, 0.4) is 0 Å². The number of hydrogen-bond donors (Lipinski definition) is 0. The van der Waals surface area contributed by atoms with E-state index in [1.807, 2.05) is 0 Å². The zero-order valence-corrected chi connectivity index (χ0v) is 30.3. The largest absolute Gasteiger partial charge is 0.0622 e. The fourth-order valence-electron chi connectivity index (χ4n) is 10.3. The molecule has 3 aliphatic carbocycles. The lowest BCUT2D eigenvalue weighted by molar-refractivity contribution is 1.01. The second-order valence-corrected chi connectivity index (χ2v) is 15.5. The molecule has 0 spiro atoms. The first kappa shape index (κ1) is 30.7. The minimum Gasteiger partial charge on any atom is -0.0622 e. The van der Waals surface area contributed by atoms with Crippen LogP contribution in [-0.4, -0.2) is 0 Å². The fraction of sp³-hybridized carbons (Fsp3) is 0.0545. The molecular formula is C55H36. The van der Waals surface area contributed by atoms with Gasteiger partial charge in [0.25, 0.3) is 0 Å². The number of rotatable bonds is 4. The Morgan fingerprint density at radius 2 is 0.782 bits per heavy atom. The Bertz CT molecular complexity index is 3020. The van der Waals surface area contributed by atoms with E-state index in [2.05, 4.69) is 194 Å². The van der Waals surface area contributed by atoms with E-state index in [4.69, 9.17) is 0 Å². The van der Waals surface area contributed by atoms with Gasteiger partial charge in [0.2, 0.25) is 0 Å². The molecule has 55 heavy (non-hydrogen) atoms. The van der Waals surface area contributed by atoms with E-state index in [9.17, 15) is 0 Å². The molecule has 0 nitrogen and oxygen atoms in total. The molecule has 0 heterocycles. The van der Waals surface area contributed by atoms with Crippen LogP contribution in [0.2, 0.25) is 0 Å². The number of hydrogen-bond acceptors (Lipinski definition) is 0. The van der Waals surface area contributed by atoms with Gasteiger partial charge in [-0.25, -0.2) is 0 Å². The molecule has 0 fully saturated rings. The molecule has 2 atom stereocenters. The predicted octanol–water partition coefficient (Wildman–Crippen LogP) is 14.1. The Hall–Kier alpha value is -6.76. The molecule has 12 rings (SSSR count). The lowest BCUT2D eigenvalue weighted by atomic mass is 9.83. The van der Waals surface area contributed by atoms with Crippen LogP contribution >= 0.6 is 0 Å². The van der Waals surface area contributed by atoms with Gasteiger partial charge in [0.15, 0.2) is 0 Å². The molecule has 0 saturated carbocycles. The minimum atomic E-state index is 0.131. The lowest BCUT2D eigenvalue weighted by Crippen LogP contribution is -2.01. The molecule has 9 aromatic carbocycles. The fourth-order valence-corrected chi connectivity index (χ4v) is 10.3. The van der Waals surface area contributed by atoms with Crippen molar-refractivity contribution >= 4 is 10.8 Å². The highest BCUT2D eigenvalue weighted by Gasteiger charge is 2.33. The third kappa shape index (κ3) is 4.52. The maximum atomic E-state index is 2.49. The van der Waals surface area contributed by atoms with Crippen LogP contribution in [0, 0.1) is 0 Å². The van der Waals surface area contributed by atoms with Gasteiger partial charge in [-0.05, 0) is 129 Å². The molecule has 0 N–H and O–H groups in total. The zero-order valence-electron chi connectivity index (χ0n) is 30.3.